The van der Waals surface area contributed by atoms with Crippen LogP contribution in [0.3, 0.4) is 0 Å². The highest BCUT2D eigenvalue weighted by atomic mass is 16.2. The van der Waals surface area contributed by atoms with Gasteiger partial charge in [-0.15, -0.1) is 0 Å². The molecule has 1 atom stereocenters. The van der Waals surface area contributed by atoms with E-state index in [-0.39, 0.29) is 5.54 Å². The van der Waals surface area contributed by atoms with Crippen LogP contribution in [0.15, 0.2) is 12.2 Å². The summed E-state index contributed by atoms with van der Waals surface area (Å²) in [7, 11) is 3.96. The van der Waals surface area contributed by atoms with Gasteiger partial charge in [-0.2, -0.15) is 0 Å². The number of likely N-dealkylation sites (tertiary alicyclic amines) is 1. The van der Waals surface area contributed by atoms with Gasteiger partial charge in [0.15, 0.2) is 0 Å². The fraction of sp³-hybridized carbons (Fsp3) is 0.727. The van der Waals surface area contributed by atoms with Gasteiger partial charge in [-0.05, 0) is 32.9 Å². The molecule has 1 unspecified atom stereocenters. The molecule has 3 nitrogen and oxygen atoms in total. The number of amides is 1. The number of nitrogens with zero attached hydrogens (tertiary/aromatic N) is 2. The molecule has 2 aliphatic rings. The second kappa shape index (κ2) is 3.39. The maximum atomic E-state index is 12.2. The van der Waals surface area contributed by atoms with Gasteiger partial charge in [0, 0.05) is 13.6 Å². The Morgan fingerprint density at radius 2 is 2.14 bits per heavy atom. The Balaban J connectivity index is 2.31. The van der Waals surface area contributed by atoms with Gasteiger partial charge < -0.3 is 4.90 Å². The van der Waals surface area contributed by atoms with E-state index in [0.717, 1.165) is 32.4 Å². The summed E-state index contributed by atoms with van der Waals surface area (Å²) in [5.74, 6) is 0.294. The summed E-state index contributed by atoms with van der Waals surface area (Å²) >= 11 is 0. The van der Waals surface area contributed by atoms with Crippen molar-refractivity contribution in [3.8, 4) is 0 Å². The third-order valence-corrected chi connectivity index (χ3v) is 3.56. The van der Waals surface area contributed by atoms with Crippen molar-refractivity contribution >= 4 is 5.91 Å². The van der Waals surface area contributed by atoms with Crippen LogP contribution >= 0.6 is 0 Å². The SMILES string of the molecule is CN1CC=CCC2(CCCN2C)C1=O. The number of hydrogen-bond donors (Lipinski definition) is 0. The van der Waals surface area contributed by atoms with Crippen molar-refractivity contribution in [2.45, 2.75) is 24.8 Å². The van der Waals surface area contributed by atoms with Crippen LogP contribution in [-0.4, -0.2) is 48.4 Å². The van der Waals surface area contributed by atoms with Gasteiger partial charge in [0.1, 0.15) is 5.54 Å². The topological polar surface area (TPSA) is 23.6 Å². The zero-order valence-corrected chi connectivity index (χ0v) is 8.99. The second-order valence-corrected chi connectivity index (χ2v) is 4.42. The predicted octanol–water partition coefficient (Wildman–Crippen LogP) is 0.869. The molecule has 2 aliphatic heterocycles. The number of rotatable bonds is 0. The van der Waals surface area contributed by atoms with Gasteiger partial charge in [-0.25, -0.2) is 0 Å². The van der Waals surface area contributed by atoms with Crippen LogP contribution < -0.4 is 0 Å². The molecule has 14 heavy (non-hydrogen) atoms. The average molecular weight is 194 g/mol. The minimum absolute atomic E-state index is 0.220. The third-order valence-electron chi connectivity index (χ3n) is 3.56. The molecule has 78 valence electrons. The first-order valence-corrected chi connectivity index (χ1v) is 5.29. The van der Waals surface area contributed by atoms with E-state index in [1.165, 1.54) is 0 Å². The third kappa shape index (κ3) is 1.27. The Labute approximate surface area is 85.4 Å². The quantitative estimate of drug-likeness (QED) is 0.534. The molecule has 0 aromatic carbocycles. The molecule has 0 aromatic rings. The number of carbonyl (C=O) groups is 1. The van der Waals surface area contributed by atoms with Crippen LogP contribution in [0, 0.1) is 0 Å². The van der Waals surface area contributed by atoms with Crippen molar-refractivity contribution in [1.82, 2.24) is 9.80 Å². The first-order chi connectivity index (χ1) is 6.67. The maximum Gasteiger partial charge on any atom is 0.243 e. The Kier molecular flexibility index (Phi) is 2.35. The van der Waals surface area contributed by atoms with Crippen LogP contribution in [0.25, 0.3) is 0 Å². The molecular weight excluding hydrogens is 176 g/mol. The lowest BCUT2D eigenvalue weighted by Crippen LogP contribution is -2.53. The predicted molar refractivity (Wildman–Crippen MR) is 56.0 cm³/mol. The van der Waals surface area contributed by atoms with Gasteiger partial charge in [0.2, 0.25) is 5.91 Å². The van der Waals surface area contributed by atoms with Crippen molar-refractivity contribution in [2.75, 3.05) is 27.2 Å². The smallest absolute Gasteiger partial charge is 0.243 e. The molecule has 1 amide bonds. The van der Waals surface area contributed by atoms with Crippen LogP contribution in [0.1, 0.15) is 19.3 Å². The Morgan fingerprint density at radius 1 is 1.36 bits per heavy atom. The van der Waals surface area contributed by atoms with E-state index < -0.39 is 0 Å². The second-order valence-electron chi connectivity index (χ2n) is 4.42. The largest absolute Gasteiger partial charge is 0.340 e. The fourth-order valence-electron chi connectivity index (χ4n) is 2.58. The Hall–Kier alpha value is -0.830. The van der Waals surface area contributed by atoms with Crippen LogP contribution in [0.4, 0.5) is 0 Å². The first kappa shape index (κ1) is 9.71. The van der Waals surface area contributed by atoms with E-state index in [1.807, 2.05) is 11.9 Å². The zero-order chi connectivity index (χ0) is 10.2. The highest BCUT2D eigenvalue weighted by Crippen LogP contribution is 2.34. The molecule has 2 heterocycles. The molecular formula is C11H18N2O. The minimum Gasteiger partial charge on any atom is -0.340 e. The van der Waals surface area contributed by atoms with E-state index >= 15 is 0 Å². The molecule has 0 aliphatic carbocycles. The molecule has 0 aromatic heterocycles. The molecule has 0 saturated carbocycles. The van der Waals surface area contributed by atoms with Crippen molar-refractivity contribution in [1.29, 1.82) is 0 Å². The average Bonchev–Trinajstić information content (AvgIpc) is 2.47. The van der Waals surface area contributed by atoms with Crippen LogP contribution in [-0.2, 0) is 4.79 Å². The molecule has 0 bridgehead atoms. The maximum absolute atomic E-state index is 12.2. The summed E-state index contributed by atoms with van der Waals surface area (Å²) in [6, 6.07) is 0. The minimum atomic E-state index is -0.220. The number of likely N-dealkylation sites (N-methyl/N-ethyl adjacent to an activating group) is 2. The van der Waals surface area contributed by atoms with E-state index in [4.69, 9.17) is 0 Å². The lowest BCUT2D eigenvalue weighted by atomic mass is 9.91. The number of hydrogen-bond acceptors (Lipinski definition) is 2. The van der Waals surface area contributed by atoms with E-state index in [0.29, 0.717) is 5.91 Å². The zero-order valence-electron chi connectivity index (χ0n) is 8.99. The molecule has 1 spiro atoms. The van der Waals surface area contributed by atoms with Gasteiger partial charge in [-0.3, -0.25) is 9.69 Å². The molecule has 2 rings (SSSR count). The molecule has 0 radical (unpaired) electrons. The van der Waals surface area contributed by atoms with Gasteiger partial charge >= 0.3 is 0 Å². The van der Waals surface area contributed by atoms with E-state index in [9.17, 15) is 4.79 Å². The van der Waals surface area contributed by atoms with Crippen molar-refractivity contribution < 1.29 is 4.79 Å². The summed E-state index contributed by atoms with van der Waals surface area (Å²) < 4.78 is 0. The van der Waals surface area contributed by atoms with Crippen LogP contribution in [0.5, 0.6) is 0 Å². The summed E-state index contributed by atoms with van der Waals surface area (Å²) in [6.45, 7) is 1.81. The Morgan fingerprint density at radius 3 is 2.79 bits per heavy atom. The highest BCUT2D eigenvalue weighted by Gasteiger charge is 2.46. The van der Waals surface area contributed by atoms with E-state index in [1.54, 1.807) is 0 Å². The van der Waals surface area contributed by atoms with Gasteiger partial charge in [-0.1, -0.05) is 12.2 Å². The monoisotopic (exact) mass is 194 g/mol. The molecule has 1 saturated heterocycles. The van der Waals surface area contributed by atoms with Crippen LogP contribution in [0.2, 0.25) is 0 Å². The number of carbonyl (C=O) groups excluding carboxylic acids is 1. The summed E-state index contributed by atoms with van der Waals surface area (Å²) in [4.78, 5) is 16.3. The van der Waals surface area contributed by atoms with Crippen molar-refractivity contribution in [3.05, 3.63) is 12.2 Å². The molecule has 0 N–H and O–H groups in total. The van der Waals surface area contributed by atoms with E-state index in [2.05, 4.69) is 24.1 Å². The Bertz CT molecular complexity index is 274. The first-order valence-electron chi connectivity index (χ1n) is 5.29. The lowest BCUT2D eigenvalue weighted by molar-refractivity contribution is -0.139. The summed E-state index contributed by atoms with van der Waals surface area (Å²) in [5.41, 5.74) is -0.220. The van der Waals surface area contributed by atoms with Crippen molar-refractivity contribution in [2.24, 2.45) is 0 Å². The summed E-state index contributed by atoms with van der Waals surface area (Å²) in [5, 5.41) is 0. The fourth-order valence-corrected chi connectivity index (χ4v) is 2.58. The molecule has 1 fully saturated rings. The van der Waals surface area contributed by atoms with Gasteiger partial charge in [0.05, 0.1) is 0 Å². The standard InChI is InChI=1S/C11H18N2O/c1-12-8-4-3-6-11(10(12)14)7-5-9-13(11)2/h3-4H,5-9H2,1-2H3. The highest BCUT2D eigenvalue weighted by molar-refractivity contribution is 5.87. The summed E-state index contributed by atoms with van der Waals surface area (Å²) in [6.07, 6.45) is 7.29. The van der Waals surface area contributed by atoms with Crippen molar-refractivity contribution in [3.63, 3.8) is 0 Å². The van der Waals surface area contributed by atoms with Gasteiger partial charge in [0.25, 0.3) is 0 Å². The molecule has 3 heteroatoms. The lowest BCUT2D eigenvalue weighted by Gasteiger charge is -2.35. The normalized spacial score (nSPS) is 34.1.